The number of carbonyl (C=O) groups excluding carboxylic acids is 1. The highest BCUT2D eigenvalue weighted by Gasteiger charge is 2.40. The van der Waals surface area contributed by atoms with E-state index < -0.39 is 0 Å². The van der Waals surface area contributed by atoms with E-state index in [2.05, 4.69) is 10.3 Å². The van der Waals surface area contributed by atoms with Crippen LogP contribution in [0.3, 0.4) is 0 Å². The van der Waals surface area contributed by atoms with Crippen LogP contribution in [0.1, 0.15) is 18.2 Å². The molecule has 1 aliphatic heterocycles. The highest BCUT2D eigenvalue weighted by Crippen LogP contribution is 2.37. The first-order valence-corrected chi connectivity index (χ1v) is 6.93. The third-order valence-corrected chi connectivity index (χ3v) is 4.83. The number of anilines is 1. The van der Waals surface area contributed by atoms with Crippen molar-refractivity contribution >= 4 is 34.0 Å². The van der Waals surface area contributed by atoms with Crippen molar-refractivity contribution in [3.8, 4) is 0 Å². The predicted octanol–water partition coefficient (Wildman–Crippen LogP) is 1.25. The molecule has 1 amide bonds. The molecule has 0 aromatic carbocycles. The van der Waals surface area contributed by atoms with Crippen molar-refractivity contribution in [3.63, 3.8) is 0 Å². The van der Waals surface area contributed by atoms with Crippen molar-refractivity contribution in [1.82, 2.24) is 10.3 Å². The molecule has 100 valence electrons. The zero-order valence-corrected chi connectivity index (χ0v) is 11.9. The average Bonchev–Trinajstić information content (AvgIpc) is 2.92. The van der Waals surface area contributed by atoms with Gasteiger partial charge in [-0.3, -0.25) is 4.79 Å². The Morgan fingerprint density at radius 2 is 2.44 bits per heavy atom. The number of hydrogen-bond donors (Lipinski definition) is 2. The quantitative estimate of drug-likeness (QED) is 0.879. The number of amides is 1. The molecule has 1 aromatic heterocycles. The summed E-state index contributed by atoms with van der Waals surface area (Å²) in [4.78, 5) is 18.8. The summed E-state index contributed by atoms with van der Waals surface area (Å²) < 4.78 is 0. The van der Waals surface area contributed by atoms with Gasteiger partial charge in [0.05, 0.1) is 16.9 Å². The number of thiazole rings is 1. The number of carbonyl (C=O) groups is 1. The normalized spacial score (nSPS) is 23.4. The fourth-order valence-electron chi connectivity index (χ4n) is 2.17. The van der Waals surface area contributed by atoms with E-state index in [1.165, 1.54) is 11.3 Å². The number of aromatic nitrogens is 1. The van der Waals surface area contributed by atoms with E-state index >= 15 is 0 Å². The molecule has 1 aliphatic rings. The molecule has 1 saturated heterocycles. The second-order valence-corrected chi connectivity index (χ2v) is 6.10. The zero-order valence-electron chi connectivity index (χ0n) is 10.4. The second kappa shape index (κ2) is 5.03. The van der Waals surface area contributed by atoms with Gasteiger partial charge in [0.1, 0.15) is 5.15 Å². The molecule has 2 N–H and O–H groups in total. The number of nitrogens with zero attached hydrogens (tertiary/aromatic N) is 2. The van der Waals surface area contributed by atoms with Gasteiger partial charge in [0.2, 0.25) is 5.91 Å². The number of halogens is 1. The average molecular weight is 290 g/mol. The Morgan fingerprint density at radius 1 is 1.72 bits per heavy atom. The molecule has 2 rings (SSSR count). The Morgan fingerprint density at radius 3 is 3.00 bits per heavy atom. The number of aliphatic hydroxyl groups excluding tert-OH is 1. The predicted molar refractivity (Wildman–Crippen MR) is 72.1 cm³/mol. The number of nitrogens with one attached hydrogen (secondary N) is 1. The van der Waals surface area contributed by atoms with E-state index in [4.69, 9.17) is 16.7 Å². The van der Waals surface area contributed by atoms with Crippen LogP contribution in [0.25, 0.3) is 0 Å². The Kier molecular flexibility index (Phi) is 3.79. The van der Waals surface area contributed by atoms with Crippen molar-refractivity contribution in [1.29, 1.82) is 0 Å². The van der Waals surface area contributed by atoms with Gasteiger partial charge in [0, 0.05) is 20.1 Å². The fourth-order valence-corrected chi connectivity index (χ4v) is 3.31. The lowest BCUT2D eigenvalue weighted by molar-refractivity contribution is -0.128. The van der Waals surface area contributed by atoms with Gasteiger partial charge in [-0.05, 0) is 13.3 Å². The first-order valence-electron chi connectivity index (χ1n) is 5.73. The van der Waals surface area contributed by atoms with Gasteiger partial charge in [-0.15, -0.1) is 0 Å². The Labute approximate surface area is 115 Å². The van der Waals surface area contributed by atoms with Gasteiger partial charge >= 0.3 is 0 Å². The molecule has 0 radical (unpaired) electrons. The molecular weight excluding hydrogens is 274 g/mol. The van der Waals surface area contributed by atoms with Crippen molar-refractivity contribution < 1.29 is 9.90 Å². The van der Waals surface area contributed by atoms with Crippen LogP contribution in [0.2, 0.25) is 5.15 Å². The van der Waals surface area contributed by atoms with Crippen LogP contribution in [0.4, 0.5) is 5.13 Å². The Balaban J connectivity index is 2.15. The molecule has 2 heterocycles. The van der Waals surface area contributed by atoms with Crippen molar-refractivity contribution in [2.45, 2.75) is 20.0 Å². The minimum Gasteiger partial charge on any atom is -0.391 e. The molecule has 7 heteroatoms. The second-order valence-electron chi connectivity index (χ2n) is 4.68. The van der Waals surface area contributed by atoms with Crippen LogP contribution in [0.15, 0.2) is 0 Å². The van der Waals surface area contributed by atoms with Crippen LogP contribution >= 0.6 is 22.9 Å². The fraction of sp³-hybridized carbons (Fsp3) is 0.636. The molecule has 0 saturated carbocycles. The number of rotatable bonds is 3. The summed E-state index contributed by atoms with van der Waals surface area (Å²) in [5, 5.41) is 12.9. The maximum Gasteiger partial charge on any atom is 0.227 e. The minimum absolute atomic E-state index is 0.0510. The van der Waals surface area contributed by atoms with E-state index in [1.54, 1.807) is 7.05 Å². The molecule has 0 bridgehead atoms. The lowest BCUT2D eigenvalue weighted by Crippen LogP contribution is -2.39. The summed E-state index contributed by atoms with van der Waals surface area (Å²) >= 11 is 7.30. The van der Waals surface area contributed by atoms with Crippen LogP contribution in [0, 0.1) is 5.41 Å². The third kappa shape index (κ3) is 2.32. The Hall–Kier alpha value is -0.850. The smallest absolute Gasteiger partial charge is 0.227 e. The van der Waals surface area contributed by atoms with Crippen LogP contribution < -0.4 is 10.2 Å². The maximum absolute atomic E-state index is 11.8. The molecule has 18 heavy (non-hydrogen) atoms. The van der Waals surface area contributed by atoms with Crippen molar-refractivity contribution in [2.24, 2.45) is 5.41 Å². The highest BCUT2D eigenvalue weighted by atomic mass is 35.5. The lowest BCUT2D eigenvalue weighted by atomic mass is 9.89. The van der Waals surface area contributed by atoms with E-state index in [-0.39, 0.29) is 17.9 Å². The summed E-state index contributed by atoms with van der Waals surface area (Å²) in [5.74, 6) is 0.0510. The van der Waals surface area contributed by atoms with Crippen molar-refractivity contribution in [3.05, 3.63) is 10.0 Å². The first-order chi connectivity index (χ1) is 8.50. The monoisotopic (exact) mass is 289 g/mol. The molecule has 5 nitrogen and oxygen atoms in total. The standard InChI is InChI=1S/C11H16ClN3O2S/c1-11(9(17)13-2)3-4-15(6-11)10-14-8(12)7(5-16)18-10/h16H,3-6H2,1-2H3,(H,13,17). The van der Waals surface area contributed by atoms with Crippen LogP contribution in [0.5, 0.6) is 0 Å². The van der Waals surface area contributed by atoms with Crippen molar-refractivity contribution in [2.75, 3.05) is 25.0 Å². The minimum atomic E-state index is -0.383. The third-order valence-electron chi connectivity index (χ3n) is 3.30. The van der Waals surface area contributed by atoms with E-state index in [0.29, 0.717) is 16.6 Å². The summed E-state index contributed by atoms with van der Waals surface area (Å²) in [6, 6.07) is 0. The van der Waals surface area contributed by atoms with Gasteiger partial charge in [-0.1, -0.05) is 22.9 Å². The molecule has 1 unspecified atom stereocenters. The molecular formula is C11H16ClN3O2S. The van der Waals surface area contributed by atoms with Gasteiger partial charge < -0.3 is 15.3 Å². The molecule has 1 fully saturated rings. The summed E-state index contributed by atoms with van der Waals surface area (Å²) in [6.45, 7) is 3.26. The molecule has 1 atom stereocenters. The maximum atomic E-state index is 11.8. The molecule has 0 spiro atoms. The SMILES string of the molecule is CNC(=O)C1(C)CCN(c2nc(Cl)c(CO)s2)C1. The highest BCUT2D eigenvalue weighted by molar-refractivity contribution is 7.16. The van der Waals surface area contributed by atoms with Crippen LogP contribution in [-0.4, -0.2) is 36.1 Å². The van der Waals surface area contributed by atoms with E-state index in [0.717, 1.165) is 18.1 Å². The van der Waals surface area contributed by atoms with Gasteiger partial charge in [-0.2, -0.15) is 0 Å². The van der Waals surface area contributed by atoms with E-state index in [1.807, 2.05) is 11.8 Å². The molecule has 1 aromatic rings. The lowest BCUT2D eigenvalue weighted by Gasteiger charge is -2.22. The van der Waals surface area contributed by atoms with Gasteiger partial charge in [-0.25, -0.2) is 4.98 Å². The first kappa shape index (κ1) is 13.6. The molecule has 0 aliphatic carbocycles. The van der Waals surface area contributed by atoms with Crippen LogP contribution in [-0.2, 0) is 11.4 Å². The summed E-state index contributed by atoms with van der Waals surface area (Å²) in [6.07, 6.45) is 0.790. The zero-order chi connectivity index (χ0) is 13.3. The number of hydrogen-bond acceptors (Lipinski definition) is 5. The summed E-state index contributed by atoms with van der Waals surface area (Å²) in [5.41, 5.74) is -0.383. The largest absolute Gasteiger partial charge is 0.391 e. The van der Waals surface area contributed by atoms with Gasteiger partial charge in [0.15, 0.2) is 5.13 Å². The summed E-state index contributed by atoms with van der Waals surface area (Å²) in [7, 11) is 1.65. The van der Waals surface area contributed by atoms with E-state index in [9.17, 15) is 4.79 Å². The Bertz CT molecular complexity index is 465. The number of aliphatic hydroxyl groups is 1. The van der Waals surface area contributed by atoms with Gasteiger partial charge in [0.25, 0.3) is 0 Å². The topological polar surface area (TPSA) is 65.5 Å².